The van der Waals surface area contributed by atoms with Crippen LogP contribution in [-0.4, -0.2) is 6.61 Å². The third-order valence-corrected chi connectivity index (χ3v) is 3.91. The number of ether oxygens (including phenoxy) is 1. The van der Waals surface area contributed by atoms with Crippen LogP contribution in [0.2, 0.25) is 0 Å². The molecular formula is C19H31FO. The molecule has 0 bridgehead atoms. The number of benzene rings is 1. The zero-order valence-electron chi connectivity index (χ0n) is 13.8. The van der Waals surface area contributed by atoms with Crippen LogP contribution in [0.4, 0.5) is 4.39 Å². The summed E-state index contributed by atoms with van der Waals surface area (Å²) in [4.78, 5) is 0. The van der Waals surface area contributed by atoms with E-state index in [-0.39, 0.29) is 5.82 Å². The van der Waals surface area contributed by atoms with Crippen LogP contribution in [0.3, 0.4) is 0 Å². The molecule has 0 N–H and O–H groups in total. The van der Waals surface area contributed by atoms with Crippen LogP contribution in [0.1, 0.15) is 76.7 Å². The minimum absolute atomic E-state index is 0.218. The van der Waals surface area contributed by atoms with E-state index in [1.54, 1.807) is 19.1 Å². The van der Waals surface area contributed by atoms with Gasteiger partial charge in [-0.1, -0.05) is 76.8 Å². The Morgan fingerprint density at radius 1 is 0.857 bits per heavy atom. The second-order valence-electron chi connectivity index (χ2n) is 5.92. The van der Waals surface area contributed by atoms with Crippen LogP contribution in [0.25, 0.3) is 0 Å². The zero-order valence-corrected chi connectivity index (χ0v) is 13.8. The van der Waals surface area contributed by atoms with Gasteiger partial charge in [0.25, 0.3) is 0 Å². The standard InChI is InChI=1S/C19H31FO/c1-3-4-5-6-7-8-9-10-11-12-16-21-18-15-13-14-17(2)19(18)20/h13-15H,3-12,16H2,1-2H3. The predicted molar refractivity (Wildman–Crippen MR) is 88.5 cm³/mol. The van der Waals surface area contributed by atoms with Crippen molar-refractivity contribution in [2.75, 3.05) is 6.61 Å². The fourth-order valence-electron chi connectivity index (χ4n) is 2.50. The molecule has 0 aliphatic carbocycles. The number of unbranched alkanes of at least 4 members (excludes halogenated alkanes) is 9. The van der Waals surface area contributed by atoms with Gasteiger partial charge in [-0.05, 0) is 25.0 Å². The van der Waals surface area contributed by atoms with Crippen molar-refractivity contribution in [3.8, 4) is 5.75 Å². The molecule has 2 heteroatoms. The SMILES string of the molecule is CCCCCCCCCCCCOc1cccc(C)c1F. The summed E-state index contributed by atoms with van der Waals surface area (Å²) in [5, 5.41) is 0. The van der Waals surface area contributed by atoms with Crippen molar-refractivity contribution in [2.45, 2.75) is 78.1 Å². The van der Waals surface area contributed by atoms with Gasteiger partial charge in [-0.15, -0.1) is 0 Å². The van der Waals surface area contributed by atoms with Gasteiger partial charge in [0, 0.05) is 0 Å². The lowest BCUT2D eigenvalue weighted by Gasteiger charge is -2.08. The first-order valence-electron chi connectivity index (χ1n) is 8.63. The summed E-state index contributed by atoms with van der Waals surface area (Å²) >= 11 is 0. The van der Waals surface area contributed by atoms with Crippen molar-refractivity contribution in [1.82, 2.24) is 0 Å². The van der Waals surface area contributed by atoms with Gasteiger partial charge in [0.05, 0.1) is 6.61 Å². The Morgan fingerprint density at radius 2 is 1.43 bits per heavy atom. The summed E-state index contributed by atoms with van der Waals surface area (Å²) < 4.78 is 19.2. The Kier molecular flexibility index (Phi) is 9.94. The molecule has 1 aromatic rings. The molecule has 0 spiro atoms. The lowest BCUT2D eigenvalue weighted by molar-refractivity contribution is 0.289. The number of aryl methyl sites for hydroxylation is 1. The van der Waals surface area contributed by atoms with E-state index in [2.05, 4.69) is 6.92 Å². The number of hydrogen-bond acceptors (Lipinski definition) is 1. The normalized spacial score (nSPS) is 10.8. The molecule has 1 nitrogen and oxygen atoms in total. The molecule has 0 heterocycles. The lowest BCUT2D eigenvalue weighted by atomic mass is 10.1. The quantitative estimate of drug-likeness (QED) is 0.403. The summed E-state index contributed by atoms with van der Waals surface area (Å²) in [6, 6.07) is 5.31. The molecule has 0 radical (unpaired) electrons. The van der Waals surface area contributed by atoms with Gasteiger partial charge in [0.15, 0.2) is 11.6 Å². The van der Waals surface area contributed by atoms with E-state index in [1.165, 1.54) is 57.8 Å². The van der Waals surface area contributed by atoms with Crippen molar-refractivity contribution in [3.05, 3.63) is 29.6 Å². The summed E-state index contributed by atoms with van der Waals surface area (Å²) in [5.74, 6) is 0.176. The van der Waals surface area contributed by atoms with Gasteiger partial charge < -0.3 is 4.74 Å². The monoisotopic (exact) mass is 294 g/mol. The molecule has 21 heavy (non-hydrogen) atoms. The molecule has 0 unspecified atom stereocenters. The molecule has 0 aliphatic heterocycles. The zero-order chi connectivity index (χ0) is 15.3. The summed E-state index contributed by atoms with van der Waals surface area (Å²) in [7, 11) is 0. The molecule has 120 valence electrons. The second-order valence-corrected chi connectivity index (χ2v) is 5.92. The average Bonchev–Trinajstić information content (AvgIpc) is 2.49. The number of hydrogen-bond donors (Lipinski definition) is 0. The molecule has 1 rings (SSSR count). The van der Waals surface area contributed by atoms with Crippen LogP contribution in [0.15, 0.2) is 18.2 Å². The highest BCUT2D eigenvalue weighted by Gasteiger charge is 2.04. The fourth-order valence-corrected chi connectivity index (χ4v) is 2.50. The van der Waals surface area contributed by atoms with E-state index in [0.717, 1.165) is 6.42 Å². The maximum Gasteiger partial charge on any atom is 0.167 e. The minimum Gasteiger partial charge on any atom is -0.491 e. The number of rotatable bonds is 12. The molecule has 0 aromatic heterocycles. The van der Waals surface area contributed by atoms with E-state index in [1.807, 2.05) is 6.07 Å². The maximum atomic E-state index is 13.7. The molecule has 0 aliphatic rings. The first-order chi connectivity index (χ1) is 10.3. The second kappa shape index (κ2) is 11.6. The molecule has 0 fully saturated rings. The Labute approximate surface area is 129 Å². The highest BCUT2D eigenvalue weighted by molar-refractivity contribution is 5.29. The van der Waals surface area contributed by atoms with Gasteiger partial charge in [0.2, 0.25) is 0 Å². The largest absolute Gasteiger partial charge is 0.491 e. The molecule has 0 amide bonds. The van der Waals surface area contributed by atoms with E-state index in [0.29, 0.717) is 17.9 Å². The summed E-state index contributed by atoms with van der Waals surface area (Å²) in [5.41, 5.74) is 0.649. The molecule has 0 saturated carbocycles. The number of halogens is 1. The topological polar surface area (TPSA) is 9.23 Å². The summed E-state index contributed by atoms with van der Waals surface area (Å²) in [6.07, 6.45) is 13.0. The van der Waals surface area contributed by atoms with Crippen molar-refractivity contribution < 1.29 is 9.13 Å². The van der Waals surface area contributed by atoms with Crippen molar-refractivity contribution >= 4 is 0 Å². The highest BCUT2D eigenvalue weighted by Crippen LogP contribution is 2.20. The minimum atomic E-state index is -0.218. The molecule has 0 atom stereocenters. The lowest BCUT2D eigenvalue weighted by Crippen LogP contribution is -2.00. The molecule has 0 saturated heterocycles. The molecular weight excluding hydrogens is 263 g/mol. The van der Waals surface area contributed by atoms with Gasteiger partial charge in [-0.2, -0.15) is 0 Å². The van der Waals surface area contributed by atoms with E-state index < -0.39 is 0 Å². The Morgan fingerprint density at radius 3 is 2.05 bits per heavy atom. The first kappa shape index (κ1) is 18.0. The smallest absolute Gasteiger partial charge is 0.167 e. The van der Waals surface area contributed by atoms with Crippen LogP contribution < -0.4 is 4.74 Å². The van der Waals surface area contributed by atoms with Gasteiger partial charge in [-0.3, -0.25) is 0 Å². The van der Waals surface area contributed by atoms with Crippen molar-refractivity contribution in [1.29, 1.82) is 0 Å². The average molecular weight is 294 g/mol. The third kappa shape index (κ3) is 8.08. The van der Waals surface area contributed by atoms with Gasteiger partial charge in [0.1, 0.15) is 0 Å². The van der Waals surface area contributed by atoms with Crippen LogP contribution in [0, 0.1) is 12.7 Å². The third-order valence-electron chi connectivity index (χ3n) is 3.91. The first-order valence-corrected chi connectivity index (χ1v) is 8.63. The van der Waals surface area contributed by atoms with Gasteiger partial charge >= 0.3 is 0 Å². The predicted octanol–water partition coefficient (Wildman–Crippen LogP) is 6.43. The van der Waals surface area contributed by atoms with Crippen molar-refractivity contribution in [3.63, 3.8) is 0 Å². The van der Waals surface area contributed by atoms with E-state index in [4.69, 9.17) is 4.74 Å². The Balaban J connectivity index is 1.94. The fraction of sp³-hybridized carbons (Fsp3) is 0.684. The van der Waals surface area contributed by atoms with E-state index >= 15 is 0 Å². The van der Waals surface area contributed by atoms with Crippen LogP contribution in [0.5, 0.6) is 5.75 Å². The Hall–Kier alpha value is -1.05. The Bertz CT molecular complexity index is 376. The molecule has 1 aromatic carbocycles. The maximum absolute atomic E-state index is 13.7. The van der Waals surface area contributed by atoms with Crippen LogP contribution in [-0.2, 0) is 0 Å². The van der Waals surface area contributed by atoms with Crippen molar-refractivity contribution in [2.24, 2.45) is 0 Å². The van der Waals surface area contributed by atoms with Gasteiger partial charge in [-0.25, -0.2) is 4.39 Å². The summed E-state index contributed by atoms with van der Waals surface area (Å²) in [6.45, 7) is 4.64. The highest BCUT2D eigenvalue weighted by atomic mass is 19.1. The van der Waals surface area contributed by atoms with E-state index in [9.17, 15) is 4.39 Å². The van der Waals surface area contributed by atoms with Crippen LogP contribution >= 0.6 is 0 Å².